The highest BCUT2D eigenvalue weighted by atomic mass is 35.5. The van der Waals surface area contributed by atoms with Crippen molar-refractivity contribution in [2.45, 2.75) is 6.42 Å². The van der Waals surface area contributed by atoms with Crippen molar-refractivity contribution < 1.29 is 9.90 Å². The lowest BCUT2D eigenvalue weighted by Crippen LogP contribution is -1.99. The van der Waals surface area contributed by atoms with Crippen molar-refractivity contribution in [1.29, 1.82) is 0 Å². The number of halogens is 1. The van der Waals surface area contributed by atoms with Gasteiger partial charge in [-0.1, -0.05) is 23.7 Å². The van der Waals surface area contributed by atoms with Gasteiger partial charge in [-0.15, -0.1) is 0 Å². The van der Waals surface area contributed by atoms with Crippen molar-refractivity contribution >= 4 is 28.5 Å². The van der Waals surface area contributed by atoms with Crippen molar-refractivity contribution in [2.75, 3.05) is 0 Å². The third-order valence-corrected chi connectivity index (χ3v) is 2.36. The molecule has 0 fully saturated rings. The Hall–Kier alpha value is -1.48. The largest absolute Gasteiger partial charge is 0.481 e. The molecule has 1 aromatic heterocycles. The van der Waals surface area contributed by atoms with Crippen molar-refractivity contribution in [2.24, 2.45) is 0 Å². The third-order valence-electron chi connectivity index (χ3n) is 2.05. The van der Waals surface area contributed by atoms with Crippen LogP contribution in [0, 0.1) is 0 Å². The molecule has 1 aromatic carbocycles. The fourth-order valence-corrected chi connectivity index (χ4v) is 1.64. The van der Waals surface area contributed by atoms with Gasteiger partial charge in [-0.25, -0.2) is 0 Å². The van der Waals surface area contributed by atoms with Crippen LogP contribution in [0.15, 0.2) is 24.4 Å². The fourth-order valence-electron chi connectivity index (χ4n) is 1.42. The number of hydrogen-bond acceptors (Lipinski definition) is 1. The van der Waals surface area contributed by atoms with Crippen LogP contribution < -0.4 is 0 Å². The molecule has 0 saturated carbocycles. The molecule has 0 radical (unpaired) electrons. The number of carbonyl (C=O) groups is 1. The topological polar surface area (TPSA) is 53.1 Å². The van der Waals surface area contributed by atoms with Gasteiger partial charge in [0.25, 0.3) is 0 Å². The average Bonchev–Trinajstić information content (AvgIpc) is 2.46. The van der Waals surface area contributed by atoms with E-state index in [4.69, 9.17) is 16.7 Å². The summed E-state index contributed by atoms with van der Waals surface area (Å²) in [6.07, 6.45) is 1.73. The van der Waals surface area contributed by atoms with E-state index in [0.717, 1.165) is 16.5 Å². The Labute approximate surface area is 85.3 Å². The SMILES string of the molecule is O=C(O)Cc1ccc2c(Cl)c[nH]c2c1. The highest BCUT2D eigenvalue weighted by Crippen LogP contribution is 2.23. The van der Waals surface area contributed by atoms with Crippen LogP contribution in [0.4, 0.5) is 0 Å². The molecule has 0 saturated heterocycles. The molecule has 0 bridgehead atoms. The monoisotopic (exact) mass is 209 g/mol. The number of aromatic amines is 1. The first-order valence-corrected chi connectivity index (χ1v) is 4.52. The number of aromatic nitrogens is 1. The number of carboxylic acids is 1. The second kappa shape index (κ2) is 3.35. The van der Waals surface area contributed by atoms with Gasteiger partial charge in [0.05, 0.1) is 11.4 Å². The van der Waals surface area contributed by atoms with Crippen LogP contribution in [0.2, 0.25) is 5.02 Å². The summed E-state index contributed by atoms with van der Waals surface area (Å²) < 4.78 is 0. The van der Waals surface area contributed by atoms with Crippen LogP contribution in [0.3, 0.4) is 0 Å². The van der Waals surface area contributed by atoms with E-state index in [9.17, 15) is 4.79 Å². The Balaban J connectivity index is 2.46. The number of benzene rings is 1. The van der Waals surface area contributed by atoms with Gasteiger partial charge in [0, 0.05) is 17.1 Å². The number of aliphatic carboxylic acids is 1. The summed E-state index contributed by atoms with van der Waals surface area (Å²) in [6.45, 7) is 0. The smallest absolute Gasteiger partial charge is 0.307 e. The standard InChI is InChI=1S/C10H8ClNO2/c11-8-5-12-9-3-6(4-10(13)14)1-2-7(8)9/h1-3,5,12H,4H2,(H,13,14). The van der Waals surface area contributed by atoms with E-state index in [-0.39, 0.29) is 6.42 Å². The van der Waals surface area contributed by atoms with Crippen LogP contribution in [0.5, 0.6) is 0 Å². The van der Waals surface area contributed by atoms with Crippen LogP contribution >= 0.6 is 11.6 Å². The van der Waals surface area contributed by atoms with Gasteiger partial charge in [-0.2, -0.15) is 0 Å². The Morgan fingerprint density at radius 1 is 1.50 bits per heavy atom. The zero-order chi connectivity index (χ0) is 10.1. The molecule has 4 heteroatoms. The summed E-state index contributed by atoms with van der Waals surface area (Å²) in [5.74, 6) is -0.831. The molecule has 0 unspecified atom stereocenters. The summed E-state index contributed by atoms with van der Waals surface area (Å²) in [7, 11) is 0. The maximum Gasteiger partial charge on any atom is 0.307 e. The molecule has 2 aromatic rings. The minimum Gasteiger partial charge on any atom is -0.481 e. The Morgan fingerprint density at radius 2 is 2.29 bits per heavy atom. The summed E-state index contributed by atoms with van der Waals surface area (Å²) in [4.78, 5) is 13.5. The second-order valence-corrected chi connectivity index (χ2v) is 3.49. The number of rotatable bonds is 2. The van der Waals surface area contributed by atoms with E-state index in [0.29, 0.717) is 5.02 Å². The first-order chi connectivity index (χ1) is 6.66. The molecule has 2 N–H and O–H groups in total. The quantitative estimate of drug-likeness (QED) is 0.798. The molecule has 3 nitrogen and oxygen atoms in total. The van der Waals surface area contributed by atoms with Gasteiger partial charge in [0.1, 0.15) is 0 Å². The van der Waals surface area contributed by atoms with E-state index in [1.807, 2.05) is 6.07 Å². The fraction of sp³-hybridized carbons (Fsp3) is 0.100. The molecule has 0 amide bonds. The van der Waals surface area contributed by atoms with Gasteiger partial charge >= 0.3 is 5.97 Å². The molecule has 0 aliphatic carbocycles. The molecular formula is C10H8ClNO2. The minimum atomic E-state index is -0.831. The maximum absolute atomic E-state index is 10.5. The normalized spacial score (nSPS) is 10.6. The number of fused-ring (bicyclic) bond motifs is 1. The van der Waals surface area contributed by atoms with Gasteiger partial charge in [0.15, 0.2) is 0 Å². The lowest BCUT2D eigenvalue weighted by molar-refractivity contribution is -0.136. The second-order valence-electron chi connectivity index (χ2n) is 3.09. The van der Waals surface area contributed by atoms with Crippen LogP contribution in [-0.2, 0) is 11.2 Å². The van der Waals surface area contributed by atoms with E-state index in [2.05, 4.69) is 4.98 Å². The summed E-state index contributed by atoms with van der Waals surface area (Å²) in [5, 5.41) is 10.2. The van der Waals surface area contributed by atoms with Crippen LogP contribution in [0.1, 0.15) is 5.56 Å². The number of carboxylic acid groups (broad SMARTS) is 1. The third kappa shape index (κ3) is 1.59. The average molecular weight is 210 g/mol. The molecule has 0 aliphatic heterocycles. The van der Waals surface area contributed by atoms with Crippen LogP contribution in [0.25, 0.3) is 10.9 Å². The van der Waals surface area contributed by atoms with Gasteiger partial charge < -0.3 is 10.1 Å². The highest BCUT2D eigenvalue weighted by molar-refractivity contribution is 6.35. The van der Waals surface area contributed by atoms with E-state index in [1.54, 1.807) is 18.3 Å². The zero-order valence-corrected chi connectivity index (χ0v) is 8.01. The molecular weight excluding hydrogens is 202 g/mol. The van der Waals surface area contributed by atoms with Crippen LogP contribution in [-0.4, -0.2) is 16.1 Å². The lowest BCUT2D eigenvalue weighted by atomic mass is 10.1. The number of H-pyrrole nitrogens is 1. The van der Waals surface area contributed by atoms with E-state index < -0.39 is 5.97 Å². The van der Waals surface area contributed by atoms with E-state index in [1.165, 1.54) is 0 Å². The van der Waals surface area contributed by atoms with Gasteiger partial charge in [-0.3, -0.25) is 4.79 Å². The lowest BCUT2D eigenvalue weighted by Gasteiger charge is -1.97. The Bertz CT molecular complexity index is 490. The molecule has 14 heavy (non-hydrogen) atoms. The first-order valence-electron chi connectivity index (χ1n) is 4.14. The summed E-state index contributed by atoms with van der Waals surface area (Å²) in [6, 6.07) is 5.40. The molecule has 0 atom stereocenters. The van der Waals surface area contributed by atoms with Crippen molar-refractivity contribution in [1.82, 2.24) is 4.98 Å². The van der Waals surface area contributed by atoms with Crippen molar-refractivity contribution in [3.8, 4) is 0 Å². The highest BCUT2D eigenvalue weighted by Gasteiger charge is 2.04. The molecule has 0 aliphatic rings. The Morgan fingerprint density at radius 3 is 3.00 bits per heavy atom. The van der Waals surface area contributed by atoms with E-state index >= 15 is 0 Å². The molecule has 72 valence electrons. The zero-order valence-electron chi connectivity index (χ0n) is 7.25. The molecule has 0 spiro atoms. The van der Waals surface area contributed by atoms with Gasteiger partial charge in [-0.05, 0) is 11.6 Å². The number of nitrogens with one attached hydrogen (secondary N) is 1. The molecule has 2 rings (SSSR count). The summed E-state index contributed by atoms with van der Waals surface area (Å²) in [5.41, 5.74) is 1.64. The Kier molecular flexibility index (Phi) is 2.17. The predicted molar refractivity (Wildman–Crippen MR) is 54.6 cm³/mol. The summed E-state index contributed by atoms with van der Waals surface area (Å²) >= 11 is 5.88. The predicted octanol–water partition coefficient (Wildman–Crippen LogP) is 2.45. The minimum absolute atomic E-state index is 0.0343. The van der Waals surface area contributed by atoms with Gasteiger partial charge in [0.2, 0.25) is 0 Å². The maximum atomic E-state index is 10.5. The van der Waals surface area contributed by atoms with Crippen molar-refractivity contribution in [3.05, 3.63) is 35.0 Å². The van der Waals surface area contributed by atoms with Crippen molar-refractivity contribution in [3.63, 3.8) is 0 Å². The molecule has 1 heterocycles. The number of hydrogen-bond donors (Lipinski definition) is 2. The first kappa shape index (κ1) is 9.09.